The normalized spacial score (nSPS) is 23.2. The van der Waals surface area contributed by atoms with Crippen LogP contribution in [0.25, 0.3) is 0 Å². The summed E-state index contributed by atoms with van der Waals surface area (Å²) in [6.45, 7) is 1.43. The predicted octanol–water partition coefficient (Wildman–Crippen LogP) is 3.28. The molecule has 2 aliphatic rings. The van der Waals surface area contributed by atoms with Gasteiger partial charge in [0.1, 0.15) is 0 Å². The second kappa shape index (κ2) is 5.88. The monoisotopic (exact) mass is 315 g/mol. The van der Waals surface area contributed by atoms with Gasteiger partial charge >= 0.3 is 8.25 Å². The van der Waals surface area contributed by atoms with Gasteiger partial charge in [-0.2, -0.15) is 0 Å². The topological polar surface area (TPSA) is 59.6 Å². The lowest BCUT2D eigenvalue weighted by atomic mass is 10.1. The first-order valence-electron chi connectivity index (χ1n) is 7.24. The number of hydrogen-bond acceptors (Lipinski definition) is 5. The highest BCUT2D eigenvalue weighted by molar-refractivity contribution is 7.33. The summed E-state index contributed by atoms with van der Waals surface area (Å²) in [5, 5.41) is 6.38. The second-order valence-corrected chi connectivity index (χ2v) is 6.22. The van der Waals surface area contributed by atoms with Crippen LogP contribution in [0.5, 0.6) is 0 Å². The standard InChI is InChI=1S/C16H16N2O3P/c19-22(20-15-13-7-3-1-5-11(13)9-17-15)21-16-14-8-4-2-6-12(14)10-18-16/h1-8,15-18H,9-10H2/q+1. The largest absolute Gasteiger partial charge is 0.701 e. The molecule has 0 aliphatic carbocycles. The molecule has 2 atom stereocenters. The molecule has 0 saturated carbocycles. The van der Waals surface area contributed by atoms with Crippen molar-refractivity contribution in [3.63, 3.8) is 0 Å². The fraction of sp³-hybridized carbons (Fsp3) is 0.250. The number of nitrogens with one attached hydrogen (secondary N) is 2. The molecule has 2 unspecified atom stereocenters. The Bertz CT molecular complexity index is 663. The molecule has 22 heavy (non-hydrogen) atoms. The molecule has 0 spiro atoms. The van der Waals surface area contributed by atoms with E-state index in [1.807, 2.05) is 48.5 Å². The molecule has 5 nitrogen and oxygen atoms in total. The van der Waals surface area contributed by atoms with Crippen molar-refractivity contribution in [2.24, 2.45) is 0 Å². The Balaban J connectivity index is 1.42. The SMILES string of the molecule is O=[P+](OC1NCc2ccccc21)OC1NCc2ccccc21. The molecular formula is C16H16N2O3P+. The third-order valence-electron chi connectivity index (χ3n) is 4.01. The molecule has 6 heteroatoms. The lowest BCUT2D eigenvalue weighted by Crippen LogP contribution is -2.16. The molecule has 0 radical (unpaired) electrons. The van der Waals surface area contributed by atoms with Gasteiger partial charge in [-0.25, -0.2) is 0 Å². The van der Waals surface area contributed by atoms with Crippen molar-refractivity contribution in [1.29, 1.82) is 0 Å². The van der Waals surface area contributed by atoms with Crippen LogP contribution in [0.4, 0.5) is 0 Å². The molecule has 112 valence electrons. The van der Waals surface area contributed by atoms with Crippen LogP contribution in [0.2, 0.25) is 0 Å². The quantitative estimate of drug-likeness (QED) is 0.848. The van der Waals surface area contributed by atoms with Gasteiger partial charge in [-0.1, -0.05) is 57.6 Å². The summed E-state index contributed by atoms with van der Waals surface area (Å²) in [5.41, 5.74) is 4.38. The van der Waals surface area contributed by atoms with Gasteiger partial charge in [-0.05, 0) is 11.1 Å². The van der Waals surface area contributed by atoms with E-state index in [2.05, 4.69) is 10.6 Å². The first-order chi connectivity index (χ1) is 10.8. The van der Waals surface area contributed by atoms with Gasteiger partial charge in [0, 0.05) is 28.8 Å². The van der Waals surface area contributed by atoms with E-state index in [1.54, 1.807) is 0 Å². The van der Waals surface area contributed by atoms with Crippen LogP contribution in [0.3, 0.4) is 0 Å². The molecule has 0 fully saturated rings. The molecule has 4 rings (SSSR count). The molecule has 2 aromatic carbocycles. The van der Waals surface area contributed by atoms with Gasteiger partial charge in [0.05, 0.1) is 0 Å². The van der Waals surface area contributed by atoms with Crippen LogP contribution < -0.4 is 10.6 Å². The third-order valence-corrected chi connectivity index (χ3v) is 4.78. The van der Waals surface area contributed by atoms with Gasteiger partial charge in [-0.3, -0.25) is 10.6 Å². The smallest absolute Gasteiger partial charge is 0.280 e. The zero-order valence-corrected chi connectivity index (χ0v) is 12.8. The van der Waals surface area contributed by atoms with Crippen LogP contribution >= 0.6 is 8.25 Å². The van der Waals surface area contributed by atoms with Gasteiger partial charge in [0.15, 0.2) is 12.5 Å². The fourth-order valence-corrected chi connectivity index (χ4v) is 3.68. The van der Waals surface area contributed by atoms with E-state index in [4.69, 9.17) is 9.05 Å². The van der Waals surface area contributed by atoms with Crippen LogP contribution in [-0.4, -0.2) is 0 Å². The molecule has 2 aliphatic heterocycles. The zero-order chi connectivity index (χ0) is 14.9. The van der Waals surface area contributed by atoms with Crippen molar-refractivity contribution in [1.82, 2.24) is 10.6 Å². The third kappa shape index (κ3) is 2.58. The first kappa shape index (κ1) is 14.0. The van der Waals surface area contributed by atoms with E-state index >= 15 is 0 Å². The van der Waals surface area contributed by atoms with E-state index in [0.717, 1.165) is 11.1 Å². The Hall–Kier alpha value is -1.62. The van der Waals surface area contributed by atoms with Crippen LogP contribution in [-0.2, 0) is 26.7 Å². The average Bonchev–Trinajstić information content (AvgIpc) is 3.13. The summed E-state index contributed by atoms with van der Waals surface area (Å²) in [4.78, 5) is 0. The highest BCUT2D eigenvalue weighted by Crippen LogP contribution is 2.40. The van der Waals surface area contributed by atoms with E-state index in [9.17, 15) is 4.57 Å². The van der Waals surface area contributed by atoms with Crippen molar-refractivity contribution in [3.05, 3.63) is 70.8 Å². The molecule has 0 bridgehead atoms. The van der Waals surface area contributed by atoms with E-state index in [-0.39, 0.29) is 12.5 Å². The number of rotatable bonds is 4. The van der Waals surface area contributed by atoms with Crippen molar-refractivity contribution < 1.29 is 13.6 Å². The Morgan fingerprint density at radius 1 is 0.818 bits per heavy atom. The van der Waals surface area contributed by atoms with Gasteiger partial charge in [0.2, 0.25) is 0 Å². The lowest BCUT2D eigenvalue weighted by molar-refractivity contribution is 0.107. The minimum Gasteiger partial charge on any atom is -0.280 e. The van der Waals surface area contributed by atoms with Crippen LogP contribution in [0, 0.1) is 0 Å². The summed E-state index contributed by atoms with van der Waals surface area (Å²) in [6, 6.07) is 15.9. The zero-order valence-electron chi connectivity index (χ0n) is 11.9. The molecule has 2 heterocycles. The molecular weight excluding hydrogens is 299 g/mol. The summed E-state index contributed by atoms with van der Waals surface area (Å²) in [7, 11) is -2.23. The van der Waals surface area contributed by atoms with Crippen LogP contribution in [0.1, 0.15) is 34.7 Å². The van der Waals surface area contributed by atoms with Gasteiger partial charge < -0.3 is 0 Å². The first-order valence-corrected chi connectivity index (χ1v) is 8.34. The van der Waals surface area contributed by atoms with Gasteiger partial charge in [-0.15, -0.1) is 0 Å². The Morgan fingerprint density at radius 3 is 1.77 bits per heavy atom. The predicted molar refractivity (Wildman–Crippen MR) is 81.8 cm³/mol. The Morgan fingerprint density at radius 2 is 1.27 bits per heavy atom. The highest BCUT2D eigenvalue weighted by atomic mass is 31.1. The molecule has 2 aromatic rings. The molecule has 0 amide bonds. The molecule has 0 aromatic heterocycles. The number of benzene rings is 2. The van der Waals surface area contributed by atoms with Crippen LogP contribution in [0.15, 0.2) is 48.5 Å². The number of hydrogen-bond donors (Lipinski definition) is 2. The maximum atomic E-state index is 12.2. The van der Waals surface area contributed by atoms with E-state index in [1.165, 1.54) is 11.1 Å². The fourth-order valence-electron chi connectivity index (χ4n) is 2.91. The van der Waals surface area contributed by atoms with E-state index < -0.39 is 8.25 Å². The van der Waals surface area contributed by atoms with Crippen molar-refractivity contribution in [2.45, 2.75) is 25.5 Å². The maximum absolute atomic E-state index is 12.2. The molecule has 2 N–H and O–H groups in total. The summed E-state index contributed by atoms with van der Waals surface area (Å²) < 4.78 is 23.3. The minimum absolute atomic E-state index is 0.378. The minimum atomic E-state index is -2.23. The lowest BCUT2D eigenvalue weighted by Gasteiger charge is -2.07. The summed E-state index contributed by atoms with van der Waals surface area (Å²) in [6.07, 6.45) is -0.757. The van der Waals surface area contributed by atoms with Crippen molar-refractivity contribution in [3.8, 4) is 0 Å². The highest BCUT2D eigenvalue weighted by Gasteiger charge is 2.37. The van der Waals surface area contributed by atoms with Gasteiger partial charge in [0.25, 0.3) is 0 Å². The summed E-state index contributed by atoms with van der Waals surface area (Å²) >= 11 is 0. The average molecular weight is 315 g/mol. The van der Waals surface area contributed by atoms with Crippen molar-refractivity contribution in [2.75, 3.05) is 0 Å². The summed E-state index contributed by atoms with van der Waals surface area (Å²) in [5.74, 6) is 0. The molecule has 0 saturated heterocycles. The Labute approximate surface area is 129 Å². The van der Waals surface area contributed by atoms with E-state index in [0.29, 0.717) is 13.1 Å². The van der Waals surface area contributed by atoms with Crippen molar-refractivity contribution >= 4 is 8.25 Å². The number of fused-ring (bicyclic) bond motifs is 2. The maximum Gasteiger partial charge on any atom is 0.701 e. The second-order valence-electron chi connectivity index (χ2n) is 5.35. The Kier molecular flexibility index (Phi) is 3.74.